The van der Waals surface area contributed by atoms with Crippen LogP contribution in [0.15, 0.2) is 18.3 Å². The van der Waals surface area contributed by atoms with Gasteiger partial charge in [-0.1, -0.05) is 25.3 Å². The Kier molecular flexibility index (Phi) is 4.72. The Labute approximate surface area is 109 Å². The van der Waals surface area contributed by atoms with E-state index in [4.69, 9.17) is 0 Å². The van der Waals surface area contributed by atoms with Crippen LogP contribution in [0.4, 0.5) is 0 Å². The van der Waals surface area contributed by atoms with Crippen molar-refractivity contribution in [2.24, 2.45) is 5.92 Å². The second-order valence-electron chi connectivity index (χ2n) is 5.13. The molecule has 2 atom stereocenters. The Morgan fingerprint density at radius 3 is 3.00 bits per heavy atom. The molecule has 1 N–H and O–H groups in total. The summed E-state index contributed by atoms with van der Waals surface area (Å²) in [6.45, 7) is 2.86. The number of rotatable bonds is 3. The van der Waals surface area contributed by atoms with Gasteiger partial charge in [0.05, 0.1) is 17.7 Å². The van der Waals surface area contributed by atoms with E-state index in [0.717, 1.165) is 25.1 Å². The van der Waals surface area contributed by atoms with E-state index in [0.29, 0.717) is 6.04 Å². The lowest BCUT2D eigenvalue weighted by Crippen LogP contribution is -2.34. The second kappa shape index (κ2) is 6.51. The number of aromatic nitrogens is 1. The third-order valence-electron chi connectivity index (χ3n) is 3.83. The monoisotopic (exact) mass is 243 g/mol. The van der Waals surface area contributed by atoms with Crippen LogP contribution in [-0.2, 0) is 6.54 Å². The average molecular weight is 243 g/mol. The van der Waals surface area contributed by atoms with Crippen molar-refractivity contribution in [3.63, 3.8) is 0 Å². The molecule has 1 heterocycles. The summed E-state index contributed by atoms with van der Waals surface area (Å²) in [5, 5.41) is 12.8. The Balaban J connectivity index is 1.96. The molecule has 0 spiro atoms. The van der Waals surface area contributed by atoms with Crippen LogP contribution in [0.5, 0.6) is 0 Å². The lowest BCUT2D eigenvalue weighted by Gasteiger charge is -2.21. The van der Waals surface area contributed by atoms with E-state index in [9.17, 15) is 5.26 Å². The van der Waals surface area contributed by atoms with Crippen molar-refractivity contribution >= 4 is 0 Å². The van der Waals surface area contributed by atoms with Crippen molar-refractivity contribution in [2.45, 2.75) is 51.6 Å². The van der Waals surface area contributed by atoms with Crippen LogP contribution in [0.25, 0.3) is 0 Å². The predicted octanol–water partition coefficient (Wildman–Crippen LogP) is 2.95. The standard InChI is InChI=1S/C15H21N3/c1-12-6-5-9-17-15(12)11-18-14-8-4-2-3-7-13(14)10-16/h5-6,9,13-14,18H,2-4,7-8,11H2,1H3. The molecule has 0 bridgehead atoms. The molecule has 96 valence electrons. The van der Waals surface area contributed by atoms with Gasteiger partial charge >= 0.3 is 0 Å². The van der Waals surface area contributed by atoms with Gasteiger partial charge in [-0.2, -0.15) is 5.26 Å². The number of nitrogens with one attached hydrogen (secondary N) is 1. The lowest BCUT2D eigenvalue weighted by molar-refractivity contribution is 0.391. The molecule has 1 fully saturated rings. The molecule has 0 amide bonds. The molecule has 0 aliphatic heterocycles. The topological polar surface area (TPSA) is 48.7 Å². The van der Waals surface area contributed by atoms with E-state index in [1.165, 1.54) is 24.8 Å². The molecule has 3 nitrogen and oxygen atoms in total. The van der Waals surface area contributed by atoms with Crippen LogP contribution in [-0.4, -0.2) is 11.0 Å². The molecule has 1 aromatic heterocycles. The molecule has 1 saturated carbocycles. The van der Waals surface area contributed by atoms with Gasteiger partial charge in [-0.3, -0.25) is 4.98 Å². The van der Waals surface area contributed by atoms with Crippen LogP contribution >= 0.6 is 0 Å². The zero-order valence-electron chi connectivity index (χ0n) is 11.0. The maximum Gasteiger partial charge on any atom is 0.0672 e. The largest absolute Gasteiger partial charge is 0.307 e. The van der Waals surface area contributed by atoms with Gasteiger partial charge in [-0.05, 0) is 31.4 Å². The predicted molar refractivity (Wildman–Crippen MR) is 71.8 cm³/mol. The number of pyridine rings is 1. The van der Waals surface area contributed by atoms with Crippen molar-refractivity contribution in [1.29, 1.82) is 5.26 Å². The van der Waals surface area contributed by atoms with Crippen LogP contribution in [0.1, 0.15) is 43.4 Å². The highest BCUT2D eigenvalue weighted by Gasteiger charge is 2.22. The fourth-order valence-electron chi connectivity index (χ4n) is 2.64. The first-order valence-electron chi connectivity index (χ1n) is 6.85. The van der Waals surface area contributed by atoms with Crippen molar-refractivity contribution < 1.29 is 0 Å². The van der Waals surface area contributed by atoms with E-state index in [1.807, 2.05) is 12.3 Å². The van der Waals surface area contributed by atoms with Crippen LogP contribution in [0.3, 0.4) is 0 Å². The average Bonchev–Trinajstić information content (AvgIpc) is 2.62. The summed E-state index contributed by atoms with van der Waals surface area (Å²) in [6, 6.07) is 6.84. The second-order valence-corrected chi connectivity index (χ2v) is 5.13. The lowest BCUT2D eigenvalue weighted by atomic mass is 9.96. The Bertz CT molecular complexity index is 422. The van der Waals surface area contributed by atoms with Gasteiger partial charge < -0.3 is 5.32 Å². The minimum atomic E-state index is 0.163. The Morgan fingerprint density at radius 1 is 1.39 bits per heavy atom. The quantitative estimate of drug-likeness (QED) is 0.830. The van der Waals surface area contributed by atoms with E-state index in [-0.39, 0.29) is 5.92 Å². The SMILES string of the molecule is Cc1cccnc1CNC1CCCCCC1C#N. The molecule has 0 radical (unpaired) electrons. The molecular weight excluding hydrogens is 222 g/mol. The summed E-state index contributed by atoms with van der Waals surface area (Å²) in [4.78, 5) is 4.39. The number of nitriles is 1. The summed E-state index contributed by atoms with van der Waals surface area (Å²) in [7, 11) is 0. The van der Waals surface area contributed by atoms with E-state index >= 15 is 0 Å². The molecule has 0 aromatic carbocycles. The first kappa shape index (κ1) is 13.0. The van der Waals surface area contributed by atoms with Gasteiger partial charge in [0.1, 0.15) is 0 Å². The van der Waals surface area contributed by atoms with Crippen molar-refractivity contribution in [3.8, 4) is 6.07 Å². The maximum atomic E-state index is 9.23. The van der Waals surface area contributed by atoms with E-state index < -0.39 is 0 Å². The minimum Gasteiger partial charge on any atom is -0.307 e. The summed E-state index contributed by atoms with van der Waals surface area (Å²) in [5.74, 6) is 0.163. The number of hydrogen-bond acceptors (Lipinski definition) is 3. The smallest absolute Gasteiger partial charge is 0.0672 e. The molecule has 2 rings (SSSR count). The fraction of sp³-hybridized carbons (Fsp3) is 0.600. The Morgan fingerprint density at radius 2 is 2.22 bits per heavy atom. The molecule has 1 aromatic rings. The van der Waals surface area contributed by atoms with Gasteiger partial charge in [-0.15, -0.1) is 0 Å². The zero-order chi connectivity index (χ0) is 12.8. The van der Waals surface area contributed by atoms with Gasteiger partial charge in [0.15, 0.2) is 0 Å². The third kappa shape index (κ3) is 3.30. The molecule has 1 aliphatic rings. The Hall–Kier alpha value is -1.40. The highest BCUT2D eigenvalue weighted by atomic mass is 14.9. The van der Waals surface area contributed by atoms with Crippen molar-refractivity contribution in [3.05, 3.63) is 29.6 Å². The first-order valence-corrected chi connectivity index (χ1v) is 6.85. The summed E-state index contributed by atoms with van der Waals surface area (Å²) in [6.07, 6.45) is 7.67. The van der Waals surface area contributed by atoms with E-state index in [1.54, 1.807) is 0 Å². The normalized spacial score (nSPS) is 24.2. The van der Waals surface area contributed by atoms with Gasteiger partial charge in [0.2, 0.25) is 0 Å². The van der Waals surface area contributed by atoms with Crippen LogP contribution in [0, 0.1) is 24.2 Å². The minimum absolute atomic E-state index is 0.163. The first-order chi connectivity index (χ1) is 8.81. The van der Waals surface area contributed by atoms with Crippen molar-refractivity contribution in [2.75, 3.05) is 0 Å². The third-order valence-corrected chi connectivity index (χ3v) is 3.83. The zero-order valence-corrected chi connectivity index (χ0v) is 11.0. The molecule has 0 saturated heterocycles. The highest BCUT2D eigenvalue weighted by Crippen LogP contribution is 2.23. The summed E-state index contributed by atoms with van der Waals surface area (Å²) >= 11 is 0. The number of aryl methyl sites for hydroxylation is 1. The van der Waals surface area contributed by atoms with Gasteiger partial charge in [0.25, 0.3) is 0 Å². The highest BCUT2D eigenvalue weighted by molar-refractivity contribution is 5.17. The van der Waals surface area contributed by atoms with E-state index in [2.05, 4.69) is 29.4 Å². The van der Waals surface area contributed by atoms with Gasteiger partial charge in [0, 0.05) is 18.8 Å². The molecular formula is C15H21N3. The van der Waals surface area contributed by atoms with Crippen molar-refractivity contribution in [1.82, 2.24) is 10.3 Å². The summed E-state index contributed by atoms with van der Waals surface area (Å²) in [5.41, 5.74) is 2.31. The summed E-state index contributed by atoms with van der Waals surface area (Å²) < 4.78 is 0. The van der Waals surface area contributed by atoms with Gasteiger partial charge in [-0.25, -0.2) is 0 Å². The molecule has 18 heavy (non-hydrogen) atoms. The van der Waals surface area contributed by atoms with Crippen LogP contribution < -0.4 is 5.32 Å². The molecule has 1 aliphatic carbocycles. The number of nitrogens with zero attached hydrogens (tertiary/aromatic N) is 2. The number of hydrogen-bond donors (Lipinski definition) is 1. The fourth-order valence-corrected chi connectivity index (χ4v) is 2.64. The maximum absolute atomic E-state index is 9.23. The molecule has 3 heteroatoms. The molecule has 2 unspecified atom stereocenters. The van der Waals surface area contributed by atoms with Crippen LogP contribution in [0.2, 0.25) is 0 Å².